The van der Waals surface area contributed by atoms with E-state index >= 15 is 0 Å². The average molecular weight is 254 g/mol. The van der Waals surface area contributed by atoms with Gasteiger partial charge in [-0.2, -0.15) is 0 Å². The molecule has 0 amide bonds. The summed E-state index contributed by atoms with van der Waals surface area (Å²) in [5, 5.41) is 6.68. The van der Waals surface area contributed by atoms with Gasteiger partial charge in [-0.15, -0.1) is 11.3 Å². The van der Waals surface area contributed by atoms with E-state index in [1.54, 1.807) is 18.4 Å². The summed E-state index contributed by atoms with van der Waals surface area (Å²) in [6.07, 6.45) is 0. The highest BCUT2D eigenvalue weighted by molar-refractivity contribution is 7.09. The molecule has 96 valence electrons. The molecule has 1 rings (SSSR count). The Balaban J connectivity index is 2.46. The highest BCUT2D eigenvalue weighted by Gasteiger charge is 2.09. The van der Waals surface area contributed by atoms with Crippen LogP contribution in [0.3, 0.4) is 0 Å². The van der Waals surface area contributed by atoms with Crippen LogP contribution in [0.2, 0.25) is 0 Å². The summed E-state index contributed by atoms with van der Waals surface area (Å²) in [5.74, 6) is 1.43. The third-order valence-electron chi connectivity index (χ3n) is 2.85. The van der Waals surface area contributed by atoms with Crippen LogP contribution in [-0.4, -0.2) is 24.0 Å². The molecule has 0 aliphatic rings. The van der Waals surface area contributed by atoms with E-state index in [2.05, 4.69) is 41.4 Å². The second-order valence-electron chi connectivity index (χ2n) is 4.46. The average Bonchev–Trinajstić information content (AvgIpc) is 2.69. The van der Waals surface area contributed by atoms with Crippen molar-refractivity contribution >= 4 is 17.3 Å². The van der Waals surface area contributed by atoms with E-state index in [0.717, 1.165) is 18.2 Å². The number of thiazole rings is 1. The van der Waals surface area contributed by atoms with Gasteiger partial charge in [0, 0.05) is 18.0 Å². The van der Waals surface area contributed by atoms with E-state index in [1.807, 2.05) is 12.4 Å². The monoisotopic (exact) mass is 254 g/mol. The Labute approximate surface area is 108 Å². The number of rotatable bonds is 4. The summed E-state index contributed by atoms with van der Waals surface area (Å²) in [5.41, 5.74) is 2.97. The van der Waals surface area contributed by atoms with E-state index in [0.29, 0.717) is 12.0 Å². The van der Waals surface area contributed by atoms with Gasteiger partial charge in [-0.25, -0.2) is 4.98 Å². The van der Waals surface area contributed by atoms with E-state index < -0.39 is 0 Å². The number of aliphatic imine (C=N–C) groups is 1. The molecule has 2 N–H and O–H groups in total. The van der Waals surface area contributed by atoms with Gasteiger partial charge in [0.15, 0.2) is 5.96 Å². The Morgan fingerprint density at radius 2 is 2.18 bits per heavy atom. The predicted octanol–water partition coefficient (Wildman–Crippen LogP) is 2.16. The van der Waals surface area contributed by atoms with Gasteiger partial charge in [-0.05, 0) is 19.8 Å². The van der Waals surface area contributed by atoms with Crippen molar-refractivity contribution in [2.75, 3.05) is 7.05 Å². The molecule has 1 atom stereocenters. The SMILES string of the molecule is CN=C(NCc1scnc1C)NC(C)C(C)C. The molecule has 1 heterocycles. The van der Waals surface area contributed by atoms with Crippen LogP contribution < -0.4 is 10.6 Å². The normalized spacial score (nSPS) is 13.9. The van der Waals surface area contributed by atoms with Crippen LogP contribution in [0.25, 0.3) is 0 Å². The molecular formula is C12H22N4S. The molecular weight excluding hydrogens is 232 g/mol. The van der Waals surface area contributed by atoms with Crippen molar-refractivity contribution in [2.45, 2.75) is 40.3 Å². The van der Waals surface area contributed by atoms with E-state index in [4.69, 9.17) is 0 Å². The van der Waals surface area contributed by atoms with Crippen LogP contribution in [0.4, 0.5) is 0 Å². The van der Waals surface area contributed by atoms with Crippen molar-refractivity contribution in [1.29, 1.82) is 0 Å². The van der Waals surface area contributed by atoms with Crippen molar-refractivity contribution in [3.05, 3.63) is 16.1 Å². The molecule has 0 saturated heterocycles. The van der Waals surface area contributed by atoms with Crippen LogP contribution in [0.15, 0.2) is 10.5 Å². The van der Waals surface area contributed by atoms with Gasteiger partial charge >= 0.3 is 0 Å². The smallest absolute Gasteiger partial charge is 0.191 e. The molecule has 0 bridgehead atoms. The molecule has 1 aromatic heterocycles. The highest BCUT2D eigenvalue weighted by Crippen LogP contribution is 2.11. The zero-order valence-corrected chi connectivity index (χ0v) is 12.1. The third kappa shape index (κ3) is 4.34. The van der Waals surface area contributed by atoms with Crippen LogP contribution in [0.5, 0.6) is 0 Å². The number of aryl methyl sites for hydroxylation is 1. The number of aromatic nitrogens is 1. The zero-order valence-electron chi connectivity index (χ0n) is 11.2. The molecule has 0 radical (unpaired) electrons. The lowest BCUT2D eigenvalue weighted by Gasteiger charge is -2.20. The minimum absolute atomic E-state index is 0.406. The summed E-state index contributed by atoms with van der Waals surface area (Å²) in [7, 11) is 1.79. The van der Waals surface area contributed by atoms with Crippen LogP contribution >= 0.6 is 11.3 Å². The minimum Gasteiger partial charge on any atom is -0.354 e. The first kappa shape index (κ1) is 14.0. The van der Waals surface area contributed by atoms with Crippen molar-refractivity contribution in [3.63, 3.8) is 0 Å². The van der Waals surface area contributed by atoms with Crippen LogP contribution in [0.1, 0.15) is 31.3 Å². The lowest BCUT2D eigenvalue weighted by molar-refractivity contribution is 0.481. The zero-order chi connectivity index (χ0) is 12.8. The fourth-order valence-corrected chi connectivity index (χ4v) is 1.95. The number of guanidine groups is 1. The molecule has 0 aromatic carbocycles. The van der Waals surface area contributed by atoms with Crippen LogP contribution in [-0.2, 0) is 6.54 Å². The quantitative estimate of drug-likeness (QED) is 0.639. The number of nitrogens with one attached hydrogen (secondary N) is 2. The van der Waals surface area contributed by atoms with Gasteiger partial charge in [0.05, 0.1) is 17.7 Å². The molecule has 0 saturated carbocycles. The van der Waals surface area contributed by atoms with E-state index in [-0.39, 0.29) is 0 Å². The summed E-state index contributed by atoms with van der Waals surface area (Å²) in [6, 6.07) is 0.406. The van der Waals surface area contributed by atoms with Gasteiger partial charge in [0.2, 0.25) is 0 Å². The first-order valence-electron chi connectivity index (χ1n) is 5.90. The first-order chi connectivity index (χ1) is 8.04. The maximum absolute atomic E-state index is 4.23. The standard InChI is InChI=1S/C12H22N4S/c1-8(2)9(3)16-12(13-5)14-6-11-10(4)15-7-17-11/h7-9H,6H2,1-5H3,(H2,13,14,16). The Kier molecular flexibility index (Phi) is 5.41. The number of nitrogens with zero attached hydrogens (tertiary/aromatic N) is 2. The molecule has 1 unspecified atom stereocenters. The molecule has 1 aromatic rings. The van der Waals surface area contributed by atoms with Gasteiger partial charge in [-0.1, -0.05) is 13.8 Å². The summed E-state index contributed by atoms with van der Waals surface area (Å²) >= 11 is 1.67. The van der Waals surface area contributed by atoms with Gasteiger partial charge < -0.3 is 10.6 Å². The Morgan fingerprint density at radius 3 is 2.65 bits per heavy atom. The topological polar surface area (TPSA) is 49.3 Å². The molecule has 0 fully saturated rings. The van der Waals surface area contributed by atoms with Crippen molar-refractivity contribution in [1.82, 2.24) is 15.6 Å². The third-order valence-corrected chi connectivity index (χ3v) is 3.78. The van der Waals surface area contributed by atoms with Gasteiger partial charge in [0.1, 0.15) is 0 Å². The maximum atomic E-state index is 4.23. The van der Waals surface area contributed by atoms with E-state index in [9.17, 15) is 0 Å². The second-order valence-corrected chi connectivity index (χ2v) is 5.40. The molecule has 0 aliphatic heterocycles. The Hall–Kier alpha value is -1.10. The van der Waals surface area contributed by atoms with E-state index in [1.165, 1.54) is 4.88 Å². The molecule has 17 heavy (non-hydrogen) atoms. The maximum Gasteiger partial charge on any atom is 0.191 e. The fraction of sp³-hybridized carbons (Fsp3) is 0.667. The molecule has 5 heteroatoms. The highest BCUT2D eigenvalue weighted by atomic mass is 32.1. The van der Waals surface area contributed by atoms with Crippen molar-refractivity contribution in [3.8, 4) is 0 Å². The number of hydrogen-bond donors (Lipinski definition) is 2. The summed E-state index contributed by atoms with van der Waals surface area (Å²) < 4.78 is 0. The molecule has 4 nitrogen and oxygen atoms in total. The lowest BCUT2D eigenvalue weighted by Crippen LogP contribution is -2.43. The van der Waals surface area contributed by atoms with Crippen LogP contribution in [0, 0.1) is 12.8 Å². The number of hydrogen-bond acceptors (Lipinski definition) is 3. The summed E-state index contributed by atoms with van der Waals surface area (Å²) in [4.78, 5) is 9.70. The largest absolute Gasteiger partial charge is 0.354 e. The Bertz CT molecular complexity index is 370. The fourth-order valence-electron chi connectivity index (χ4n) is 1.24. The molecule has 0 aliphatic carbocycles. The minimum atomic E-state index is 0.406. The van der Waals surface area contributed by atoms with Gasteiger partial charge in [-0.3, -0.25) is 4.99 Å². The van der Waals surface area contributed by atoms with Crippen molar-refractivity contribution < 1.29 is 0 Å². The summed E-state index contributed by atoms with van der Waals surface area (Å²) in [6.45, 7) is 9.35. The first-order valence-corrected chi connectivity index (χ1v) is 6.78. The second kappa shape index (κ2) is 6.59. The van der Waals surface area contributed by atoms with Gasteiger partial charge in [0.25, 0.3) is 0 Å². The lowest BCUT2D eigenvalue weighted by atomic mass is 10.1. The Morgan fingerprint density at radius 1 is 1.47 bits per heavy atom. The molecule has 0 spiro atoms. The van der Waals surface area contributed by atoms with Crippen molar-refractivity contribution in [2.24, 2.45) is 10.9 Å². The predicted molar refractivity (Wildman–Crippen MR) is 74.5 cm³/mol.